The molecule has 26 heavy (non-hydrogen) atoms. The van der Waals surface area contributed by atoms with Gasteiger partial charge in [-0.05, 0) is 32.0 Å². The number of hydrogen-bond acceptors (Lipinski definition) is 3. The van der Waals surface area contributed by atoms with Crippen molar-refractivity contribution in [3.63, 3.8) is 0 Å². The Kier molecular flexibility index (Phi) is 5.15. The number of aromatic nitrogens is 2. The van der Waals surface area contributed by atoms with Crippen molar-refractivity contribution in [2.45, 2.75) is 24.8 Å². The molecule has 0 saturated heterocycles. The van der Waals surface area contributed by atoms with E-state index in [2.05, 4.69) is 25.8 Å². The fourth-order valence-corrected chi connectivity index (χ4v) is 3.96. The van der Waals surface area contributed by atoms with Crippen molar-refractivity contribution in [1.29, 1.82) is 0 Å². The average Bonchev–Trinajstić information content (AvgIpc) is 3.05. The SMILES string of the molecule is CC(C)n1cc(S(=O)(=O)Nc2ccc(Br)cc2F)c(-c2ccccc2)n1. The number of benzene rings is 2. The summed E-state index contributed by atoms with van der Waals surface area (Å²) in [5, 5.41) is 4.42. The summed E-state index contributed by atoms with van der Waals surface area (Å²) in [4.78, 5) is -0.000260. The fourth-order valence-electron chi connectivity index (χ4n) is 2.40. The quantitative estimate of drug-likeness (QED) is 0.621. The summed E-state index contributed by atoms with van der Waals surface area (Å²) >= 11 is 3.15. The molecule has 0 saturated carbocycles. The Bertz CT molecular complexity index is 1030. The van der Waals surface area contributed by atoms with Crippen LogP contribution in [-0.2, 0) is 10.0 Å². The maximum Gasteiger partial charge on any atom is 0.265 e. The molecule has 8 heteroatoms. The van der Waals surface area contributed by atoms with E-state index in [1.807, 2.05) is 32.0 Å². The van der Waals surface area contributed by atoms with Crippen LogP contribution in [0.4, 0.5) is 10.1 Å². The van der Waals surface area contributed by atoms with Crippen LogP contribution in [0.5, 0.6) is 0 Å². The zero-order valence-corrected chi connectivity index (χ0v) is 16.6. The van der Waals surface area contributed by atoms with Crippen LogP contribution in [0.25, 0.3) is 11.3 Å². The summed E-state index contributed by atoms with van der Waals surface area (Å²) in [6, 6.07) is 13.1. The molecule has 0 spiro atoms. The van der Waals surface area contributed by atoms with Gasteiger partial charge in [-0.25, -0.2) is 12.8 Å². The fraction of sp³-hybridized carbons (Fsp3) is 0.167. The molecule has 0 aliphatic rings. The van der Waals surface area contributed by atoms with E-state index in [0.29, 0.717) is 15.7 Å². The van der Waals surface area contributed by atoms with Gasteiger partial charge in [0.1, 0.15) is 16.4 Å². The van der Waals surface area contributed by atoms with Crippen molar-refractivity contribution < 1.29 is 12.8 Å². The van der Waals surface area contributed by atoms with Gasteiger partial charge in [-0.2, -0.15) is 5.10 Å². The summed E-state index contributed by atoms with van der Waals surface area (Å²) in [7, 11) is -4.03. The van der Waals surface area contributed by atoms with Crippen molar-refractivity contribution in [2.24, 2.45) is 0 Å². The maximum atomic E-state index is 14.1. The number of sulfonamides is 1. The summed E-state index contributed by atoms with van der Waals surface area (Å²) in [5.74, 6) is -0.666. The third-order valence-electron chi connectivity index (χ3n) is 3.74. The molecule has 1 aromatic heterocycles. The van der Waals surface area contributed by atoms with Gasteiger partial charge in [0.2, 0.25) is 0 Å². The molecular formula is C18H17BrFN3O2S. The monoisotopic (exact) mass is 437 g/mol. The van der Waals surface area contributed by atoms with Gasteiger partial charge in [0.05, 0.1) is 5.69 Å². The lowest BCUT2D eigenvalue weighted by Crippen LogP contribution is -2.14. The van der Waals surface area contributed by atoms with Crippen molar-refractivity contribution in [3.8, 4) is 11.3 Å². The molecule has 0 fully saturated rings. The van der Waals surface area contributed by atoms with Crippen molar-refractivity contribution in [3.05, 3.63) is 65.0 Å². The molecule has 0 radical (unpaired) electrons. The zero-order chi connectivity index (χ0) is 18.9. The molecule has 5 nitrogen and oxygen atoms in total. The smallest absolute Gasteiger partial charge is 0.265 e. The van der Waals surface area contributed by atoms with Gasteiger partial charge >= 0.3 is 0 Å². The third-order valence-corrected chi connectivity index (χ3v) is 5.60. The van der Waals surface area contributed by atoms with E-state index in [4.69, 9.17) is 0 Å². The highest BCUT2D eigenvalue weighted by molar-refractivity contribution is 9.10. The van der Waals surface area contributed by atoms with Gasteiger partial charge < -0.3 is 0 Å². The van der Waals surface area contributed by atoms with Crippen LogP contribution in [0.1, 0.15) is 19.9 Å². The van der Waals surface area contributed by atoms with Crippen LogP contribution in [0.2, 0.25) is 0 Å². The predicted molar refractivity (Wildman–Crippen MR) is 103 cm³/mol. The van der Waals surface area contributed by atoms with E-state index < -0.39 is 15.8 Å². The highest BCUT2D eigenvalue weighted by atomic mass is 79.9. The summed E-state index contributed by atoms with van der Waals surface area (Å²) in [5.41, 5.74) is 0.873. The molecule has 0 bridgehead atoms. The van der Waals surface area contributed by atoms with E-state index in [0.717, 1.165) is 0 Å². The lowest BCUT2D eigenvalue weighted by Gasteiger charge is -2.09. The first-order valence-electron chi connectivity index (χ1n) is 7.90. The van der Waals surface area contributed by atoms with E-state index >= 15 is 0 Å². The topological polar surface area (TPSA) is 64.0 Å². The Morgan fingerprint density at radius 3 is 2.46 bits per heavy atom. The van der Waals surface area contributed by atoms with Crippen LogP contribution in [0.3, 0.4) is 0 Å². The molecule has 3 aromatic rings. The normalized spacial score (nSPS) is 11.7. The number of anilines is 1. The Labute approximate surface area is 160 Å². The predicted octanol–water partition coefficient (Wildman–Crippen LogP) is 4.83. The second kappa shape index (κ2) is 7.20. The Hall–Kier alpha value is -2.19. The summed E-state index contributed by atoms with van der Waals surface area (Å²) < 4.78 is 44.3. The van der Waals surface area contributed by atoms with E-state index in [1.165, 1.54) is 18.3 Å². The van der Waals surface area contributed by atoms with Crippen molar-refractivity contribution in [1.82, 2.24) is 9.78 Å². The molecule has 0 aliphatic carbocycles. The average molecular weight is 438 g/mol. The number of hydrogen-bond donors (Lipinski definition) is 1. The Morgan fingerprint density at radius 1 is 1.15 bits per heavy atom. The van der Waals surface area contributed by atoms with E-state index in [1.54, 1.807) is 22.9 Å². The van der Waals surface area contributed by atoms with Crippen molar-refractivity contribution in [2.75, 3.05) is 4.72 Å². The Balaban J connectivity index is 2.09. The van der Waals surface area contributed by atoms with Gasteiger partial charge in [0, 0.05) is 22.3 Å². The number of halogens is 2. The first kappa shape index (κ1) is 18.6. The molecule has 1 N–H and O–H groups in total. The first-order chi connectivity index (χ1) is 12.3. The van der Waals surface area contributed by atoms with Crippen LogP contribution < -0.4 is 4.72 Å². The standard InChI is InChI=1S/C18H17BrFN3O2S/c1-12(2)23-11-17(18(21-23)13-6-4-3-5-7-13)26(24,25)22-16-9-8-14(19)10-15(16)20/h3-12,22H,1-2H3. The lowest BCUT2D eigenvalue weighted by atomic mass is 10.2. The number of nitrogens with zero attached hydrogens (tertiary/aromatic N) is 2. The summed E-state index contributed by atoms with van der Waals surface area (Å²) in [6.07, 6.45) is 1.46. The third kappa shape index (κ3) is 3.81. The maximum absolute atomic E-state index is 14.1. The molecule has 1 heterocycles. The molecule has 3 rings (SSSR count). The van der Waals surface area contributed by atoms with Gasteiger partial charge in [0.15, 0.2) is 0 Å². The molecule has 0 unspecified atom stereocenters. The minimum absolute atomic E-state index is 0.000260. The minimum Gasteiger partial charge on any atom is -0.277 e. The van der Waals surface area contributed by atoms with Crippen molar-refractivity contribution >= 4 is 31.6 Å². The van der Waals surface area contributed by atoms with Gasteiger partial charge in [-0.3, -0.25) is 9.40 Å². The molecule has 0 atom stereocenters. The van der Waals surface area contributed by atoms with Crippen LogP contribution in [0.15, 0.2) is 64.1 Å². The number of rotatable bonds is 5. The number of nitrogens with one attached hydrogen (secondary N) is 1. The first-order valence-corrected chi connectivity index (χ1v) is 10.2. The minimum atomic E-state index is -4.03. The van der Waals surface area contributed by atoms with Crippen LogP contribution in [0, 0.1) is 5.82 Å². The van der Waals surface area contributed by atoms with Gasteiger partial charge in [0.25, 0.3) is 10.0 Å². The summed E-state index contributed by atoms with van der Waals surface area (Å²) in [6.45, 7) is 3.81. The van der Waals surface area contributed by atoms with Crippen LogP contribution >= 0.6 is 15.9 Å². The van der Waals surface area contributed by atoms with Gasteiger partial charge in [-0.15, -0.1) is 0 Å². The second-order valence-corrected chi connectivity index (χ2v) is 8.58. The molecular weight excluding hydrogens is 421 g/mol. The molecule has 0 amide bonds. The lowest BCUT2D eigenvalue weighted by molar-refractivity contribution is 0.532. The van der Waals surface area contributed by atoms with E-state index in [9.17, 15) is 12.8 Å². The Morgan fingerprint density at radius 2 is 1.85 bits per heavy atom. The molecule has 0 aliphatic heterocycles. The second-order valence-electron chi connectivity index (χ2n) is 6.01. The zero-order valence-electron chi connectivity index (χ0n) is 14.1. The van der Waals surface area contributed by atoms with Crippen LogP contribution in [-0.4, -0.2) is 18.2 Å². The van der Waals surface area contributed by atoms with E-state index in [-0.39, 0.29) is 16.6 Å². The largest absolute Gasteiger partial charge is 0.277 e. The molecule has 2 aromatic carbocycles. The highest BCUT2D eigenvalue weighted by Gasteiger charge is 2.25. The molecule has 136 valence electrons. The highest BCUT2D eigenvalue weighted by Crippen LogP contribution is 2.29. The van der Waals surface area contributed by atoms with Gasteiger partial charge in [-0.1, -0.05) is 46.3 Å².